The van der Waals surface area contributed by atoms with Gasteiger partial charge in [0.05, 0.1) is 5.69 Å². The molecule has 1 aliphatic rings. The highest BCUT2D eigenvalue weighted by Gasteiger charge is 2.29. The molecule has 0 aromatic heterocycles. The van der Waals surface area contributed by atoms with Crippen LogP contribution in [0.15, 0.2) is 18.2 Å². The number of halogens is 1. The van der Waals surface area contributed by atoms with Gasteiger partial charge in [-0.25, -0.2) is 4.39 Å². The minimum Gasteiger partial charge on any atom is -0.356 e. The number of anilines is 1. The second-order valence-corrected chi connectivity index (χ2v) is 6.37. The molecule has 1 saturated heterocycles. The maximum absolute atomic E-state index is 13.6. The number of rotatable bonds is 6. The summed E-state index contributed by atoms with van der Waals surface area (Å²) >= 11 is 0. The zero-order chi connectivity index (χ0) is 17.7. The number of amides is 2. The minimum atomic E-state index is -0.484. The topological polar surface area (TPSA) is 82.3 Å². The van der Waals surface area contributed by atoms with Crippen LogP contribution in [0.2, 0.25) is 0 Å². The summed E-state index contributed by atoms with van der Waals surface area (Å²) in [5.74, 6) is -0.742. The first kappa shape index (κ1) is 18.4. The first-order valence-electron chi connectivity index (χ1n) is 8.20. The van der Waals surface area contributed by atoms with Crippen molar-refractivity contribution in [3.05, 3.63) is 29.6 Å². The van der Waals surface area contributed by atoms with Gasteiger partial charge in [0.1, 0.15) is 5.82 Å². The molecule has 0 spiro atoms. The van der Waals surface area contributed by atoms with Crippen LogP contribution in [0.1, 0.15) is 32.3 Å². The van der Waals surface area contributed by atoms with Crippen molar-refractivity contribution in [3.63, 3.8) is 0 Å². The van der Waals surface area contributed by atoms with Crippen molar-refractivity contribution in [2.75, 3.05) is 11.9 Å². The van der Waals surface area contributed by atoms with Crippen LogP contribution in [0.25, 0.3) is 0 Å². The molecule has 2 atom stereocenters. The van der Waals surface area contributed by atoms with E-state index in [1.165, 1.54) is 6.07 Å². The Morgan fingerprint density at radius 2 is 1.75 bits per heavy atom. The maximum Gasteiger partial charge on any atom is 0.224 e. The Morgan fingerprint density at radius 1 is 1.12 bits per heavy atom. The van der Waals surface area contributed by atoms with Gasteiger partial charge in [-0.15, -0.1) is 0 Å². The predicted octanol–water partition coefficient (Wildman–Crippen LogP) is 1.47. The fourth-order valence-electron chi connectivity index (χ4n) is 2.76. The molecule has 0 bridgehead atoms. The summed E-state index contributed by atoms with van der Waals surface area (Å²) in [7, 11) is 0. The lowest BCUT2D eigenvalue weighted by Gasteiger charge is -2.18. The van der Waals surface area contributed by atoms with E-state index in [0.29, 0.717) is 12.5 Å². The van der Waals surface area contributed by atoms with E-state index in [-0.39, 0.29) is 42.4 Å². The van der Waals surface area contributed by atoms with Crippen LogP contribution in [0, 0.1) is 18.7 Å². The third-order valence-corrected chi connectivity index (χ3v) is 4.33. The monoisotopic (exact) mass is 336 g/mol. The van der Waals surface area contributed by atoms with Crippen LogP contribution in [0.4, 0.5) is 10.1 Å². The first-order chi connectivity index (χ1) is 11.4. The van der Waals surface area contributed by atoms with Gasteiger partial charge in [-0.05, 0) is 38.5 Å². The number of hydrogen-bond acceptors (Lipinski definition) is 4. The first-order valence-corrected chi connectivity index (χ1v) is 8.20. The minimum absolute atomic E-state index is 0.0193. The van der Waals surface area contributed by atoms with Gasteiger partial charge in [-0.3, -0.25) is 20.4 Å². The van der Waals surface area contributed by atoms with Gasteiger partial charge >= 0.3 is 0 Å². The summed E-state index contributed by atoms with van der Waals surface area (Å²) in [6.45, 7) is 6.47. The van der Waals surface area contributed by atoms with Gasteiger partial charge in [0.2, 0.25) is 11.8 Å². The molecule has 2 unspecified atom stereocenters. The average molecular weight is 336 g/mol. The molecule has 2 amide bonds. The van der Waals surface area contributed by atoms with Crippen molar-refractivity contribution < 1.29 is 14.0 Å². The van der Waals surface area contributed by atoms with Crippen molar-refractivity contribution in [1.29, 1.82) is 0 Å². The van der Waals surface area contributed by atoms with Crippen molar-refractivity contribution in [2.45, 2.75) is 45.7 Å². The lowest BCUT2D eigenvalue weighted by atomic mass is 9.97. The average Bonchev–Trinajstić information content (AvgIpc) is 2.85. The Bertz CT molecular complexity index is 598. The maximum atomic E-state index is 13.6. The summed E-state index contributed by atoms with van der Waals surface area (Å²) in [6.07, 6.45) is 0.0983. The molecule has 1 aliphatic heterocycles. The number of carbonyl (C=O) groups is 2. The van der Waals surface area contributed by atoms with Crippen molar-refractivity contribution >= 4 is 17.5 Å². The Labute approximate surface area is 141 Å². The molecule has 1 fully saturated rings. The zero-order valence-corrected chi connectivity index (χ0v) is 14.3. The number of nitrogens with one attached hydrogen (secondary N) is 4. The third-order valence-electron chi connectivity index (χ3n) is 4.33. The molecule has 0 radical (unpaired) electrons. The molecule has 132 valence electrons. The molecule has 7 heteroatoms. The molecule has 1 aromatic carbocycles. The van der Waals surface area contributed by atoms with E-state index in [1.54, 1.807) is 12.1 Å². The van der Waals surface area contributed by atoms with Gasteiger partial charge in [0.15, 0.2) is 0 Å². The normalized spacial score (nSPS) is 23.1. The van der Waals surface area contributed by atoms with Crippen LogP contribution in [0.5, 0.6) is 0 Å². The largest absolute Gasteiger partial charge is 0.356 e. The van der Waals surface area contributed by atoms with E-state index in [0.717, 1.165) is 5.56 Å². The lowest BCUT2D eigenvalue weighted by molar-refractivity contribution is -0.124. The van der Waals surface area contributed by atoms with Crippen LogP contribution in [0.3, 0.4) is 0 Å². The summed E-state index contributed by atoms with van der Waals surface area (Å²) < 4.78 is 13.6. The molecular weight excluding hydrogens is 311 g/mol. The Morgan fingerprint density at radius 3 is 2.42 bits per heavy atom. The molecule has 1 heterocycles. The molecular formula is C17H25FN4O2. The van der Waals surface area contributed by atoms with Crippen LogP contribution in [-0.4, -0.2) is 30.4 Å². The highest BCUT2D eigenvalue weighted by molar-refractivity contribution is 5.93. The third kappa shape index (κ3) is 5.01. The molecule has 2 rings (SSSR count). The fraction of sp³-hybridized carbons (Fsp3) is 0.529. The highest BCUT2D eigenvalue weighted by atomic mass is 19.1. The molecule has 6 nitrogen and oxygen atoms in total. The molecule has 4 N–H and O–H groups in total. The van der Waals surface area contributed by atoms with Gasteiger partial charge < -0.3 is 10.6 Å². The number of carbonyl (C=O) groups excluding carboxylic acids is 2. The number of hydrogen-bond donors (Lipinski definition) is 4. The van der Waals surface area contributed by atoms with E-state index < -0.39 is 5.82 Å². The number of hydrazine groups is 1. The standard InChI is InChI=1S/C17H25FN4O2/c1-10-4-5-14(18)15(8-10)20-17(24)7-6-16(23)19-9-13-11(2)21-22-12(13)3/h4-5,8,11-13,21-22H,6-7,9H2,1-3H3,(H,19,23)(H,20,24). The van der Waals surface area contributed by atoms with Gasteiger partial charge in [-0.2, -0.15) is 0 Å². The Hall–Kier alpha value is -1.99. The van der Waals surface area contributed by atoms with Crippen LogP contribution < -0.4 is 21.5 Å². The molecule has 1 aromatic rings. The smallest absolute Gasteiger partial charge is 0.224 e. The van der Waals surface area contributed by atoms with Gasteiger partial charge in [0, 0.05) is 37.4 Å². The highest BCUT2D eigenvalue weighted by Crippen LogP contribution is 2.16. The van der Waals surface area contributed by atoms with E-state index in [1.807, 2.05) is 6.92 Å². The van der Waals surface area contributed by atoms with Crippen LogP contribution >= 0.6 is 0 Å². The molecule has 0 saturated carbocycles. The van der Waals surface area contributed by atoms with Crippen LogP contribution in [-0.2, 0) is 9.59 Å². The van der Waals surface area contributed by atoms with Crippen molar-refractivity contribution in [3.8, 4) is 0 Å². The van der Waals surface area contributed by atoms with E-state index in [2.05, 4.69) is 35.3 Å². The van der Waals surface area contributed by atoms with E-state index in [4.69, 9.17) is 0 Å². The summed E-state index contributed by atoms with van der Waals surface area (Å²) in [6, 6.07) is 5.05. The number of aryl methyl sites for hydroxylation is 1. The predicted molar refractivity (Wildman–Crippen MR) is 90.7 cm³/mol. The second-order valence-electron chi connectivity index (χ2n) is 6.37. The molecule has 0 aliphatic carbocycles. The Balaban J connectivity index is 1.73. The van der Waals surface area contributed by atoms with Gasteiger partial charge in [-0.1, -0.05) is 6.07 Å². The fourth-order valence-corrected chi connectivity index (χ4v) is 2.76. The summed E-state index contributed by atoms with van der Waals surface area (Å²) in [5.41, 5.74) is 7.26. The number of benzene rings is 1. The van der Waals surface area contributed by atoms with Gasteiger partial charge in [0.25, 0.3) is 0 Å². The zero-order valence-electron chi connectivity index (χ0n) is 14.3. The second kappa shape index (κ2) is 8.21. The Kier molecular flexibility index (Phi) is 6.28. The lowest BCUT2D eigenvalue weighted by Crippen LogP contribution is -2.37. The summed E-state index contributed by atoms with van der Waals surface area (Å²) in [5, 5.41) is 5.36. The quantitative estimate of drug-likeness (QED) is 0.634. The molecule has 24 heavy (non-hydrogen) atoms. The van der Waals surface area contributed by atoms with Crippen molar-refractivity contribution in [2.24, 2.45) is 5.92 Å². The van der Waals surface area contributed by atoms with E-state index >= 15 is 0 Å². The SMILES string of the molecule is Cc1ccc(F)c(NC(=O)CCC(=O)NCC2C(C)NNC2C)c1. The van der Waals surface area contributed by atoms with Crippen molar-refractivity contribution in [1.82, 2.24) is 16.2 Å². The summed E-state index contributed by atoms with van der Waals surface area (Å²) in [4.78, 5) is 23.8. The van der Waals surface area contributed by atoms with E-state index in [9.17, 15) is 14.0 Å².